The molecule has 1 rings (SSSR count). The van der Waals surface area contributed by atoms with Gasteiger partial charge in [-0.25, -0.2) is 4.39 Å². The molecule has 0 unspecified atom stereocenters. The van der Waals surface area contributed by atoms with E-state index in [1.54, 1.807) is 0 Å². The number of halogens is 2. The van der Waals surface area contributed by atoms with Crippen LogP contribution in [0.15, 0.2) is 22.7 Å². The van der Waals surface area contributed by atoms with E-state index in [1.807, 2.05) is 0 Å². The number of carbonyl (C=O) groups excluding carboxylic acids is 1. The Morgan fingerprint density at radius 1 is 1.26 bits per heavy atom. The first-order valence-corrected chi connectivity index (χ1v) is 7.35. The molecule has 0 aliphatic carbocycles. The number of hydrogen-bond acceptors (Lipinski definition) is 1. The summed E-state index contributed by atoms with van der Waals surface area (Å²) in [4.78, 5) is 12.0. The largest absolute Gasteiger partial charge is 0.352 e. The van der Waals surface area contributed by atoms with Crippen LogP contribution in [0.2, 0.25) is 0 Å². The van der Waals surface area contributed by atoms with Gasteiger partial charge in [-0.15, -0.1) is 0 Å². The van der Waals surface area contributed by atoms with Crippen LogP contribution in [0.5, 0.6) is 0 Å². The highest BCUT2D eigenvalue weighted by atomic mass is 79.9. The molecule has 4 heteroatoms. The van der Waals surface area contributed by atoms with Gasteiger partial charge in [0.1, 0.15) is 5.82 Å². The minimum Gasteiger partial charge on any atom is -0.352 e. The third-order valence-electron chi connectivity index (χ3n) is 3.39. The summed E-state index contributed by atoms with van der Waals surface area (Å²) in [5.74, 6) is 0.944. The molecule has 2 nitrogen and oxygen atoms in total. The fourth-order valence-corrected chi connectivity index (χ4v) is 2.57. The lowest BCUT2D eigenvalue weighted by Crippen LogP contribution is -2.33. The first-order valence-electron chi connectivity index (χ1n) is 6.56. The van der Waals surface area contributed by atoms with Crippen molar-refractivity contribution in [3.05, 3.63) is 34.1 Å². The van der Waals surface area contributed by atoms with Crippen molar-refractivity contribution in [2.45, 2.75) is 27.7 Å². The predicted molar refractivity (Wildman–Crippen MR) is 79.6 cm³/mol. The predicted octanol–water partition coefficient (Wildman–Crippen LogP) is 4.25. The summed E-state index contributed by atoms with van der Waals surface area (Å²) in [6, 6.07) is 4.29. The molecule has 0 aliphatic rings. The lowest BCUT2D eigenvalue weighted by molar-refractivity contribution is 0.0937. The number of amides is 1. The minimum absolute atomic E-state index is 0.160. The monoisotopic (exact) mass is 329 g/mol. The van der Waals surface area contributed by atoms with Gasteiger partial charge in [0, 0.05) is 12.1 Å². The lowest BCUT2D eigenvalue weighted by atomic mass is 9.85. The fraction of sp³-hybridized carbons (Fsp3) is 0.533. The Labute approximate surface area is 122 Å². The van der Waals surface area contributed by atoms with Gasteiger partial charge in [0.05, 0.1) is 4.47 Å². The molecule has 0 saturated heterocycles. The Balaban J connectivity index is 2.66. The molecule has 1 N–H and O–H groups in total. The Morgan fingerprint density at radius 2 is 1.84 bits per heavy atom. The van der Waals surface area contributed by atoms with Crippen LogP contribution in [-0.4, -0.2) is 12.5 Å². The van der Waals surface area contributed by atoms with Gasteiger partial charge in [-0.05, 0) is 51.9 Å². The third-order valence-corrected chi connectivity index (χ3v) is 4.00. The smallest absolute Gasteiger partial charge is 0.251 e. The molecule has 0 aliphatic heterocycles. The van der Waals surface area contributed by atoms with Crippen LogP contribution in [-0.2, 0) is 0 Å². The molecule has 19 heavy (non-hydrogen) atoms. The molecule has 0 spiro atoms. The van der Waals surface area contributed by atoms with E-state index >= 15 is 0 Å². The summed E-state index contributed by atoms with van der Waals surface area (Å²) in [6.07, 6.45) is 0. The average molecular weight is 330 g/mol. The summed E-state index contributed by atoms with van der Waals surface area (Å²) >= 11 is 3.09. The van der Waals surface area contributed by atoms with Crippen LogP contribution < -0.4 is 5.32 Å². The highest BCUT2D eigenvalue weighted by Gasteiger charge is 2.18. The van der Waals surface area contributed by atoms with Crippen molar-refractivity contribution in [1.29, 1.82) is 0 Å². The van der Waals surface area contributed by atoms with Crippen LogP contribution in [0.25, 0.3) is 0 Å². The van der Waals surface area contributed by atoms with Gasteiger partial charge in [-0.2, -0.15) is 0 Å². The Hall–Kier alpha value is -0.900. The average Bonchev–Trinajstić information content (AvgIpc) is 2.31. The summed E-state index contributed by atoms with van der Waals surface area (Å²) in [5, 5.41) is 2.93. The summed E-state index contributed by atoms with van der Waals surface area (Å²) in [5.41, 5.74) is 0.472. The van der Waals surface area contributed by atoms with Crippen molar-refractivity contribution in [3.63, 3.8) is 0 Å². The van der Waals surface area contributed by atoms with Crippen molar-refractivity contribution in [1.82, 2.24) is 5.32 Å². The fourth-order valence-electron chi connectivity index (χ4n) is 2.19. The van der Waals surface area contributed by atoms with E-state index in [4.69, 9.17) is 0 Å². The van der Waals surface area contributed by atoms with Crippen molar-refractivity contribution < 1.29 is 9.18 Å². The second-order valence-electron chi connectivity index (χ2n) is 5.49. The molecular weight excluding hydrogens is 309 g/mol. The first-order chi connectivity index (χ1) is 8.82. The molecule has 1 aromatic carbocycles. The highest BCUT2D eigenvalue weighted by Crippen LogP contribution is 2.20. The molecular formula is C15H21BrFNO. The van der Waals surface area contributed by atoms with Gasteiger partial charge in [0.25, 0.3) is 5.91 Å². The van der Waals surface area contributed by atoms with Crippen molar-refractivity contribution >= 4 is 21.8 Å². The summed E-state index contributed by atoms with van der Waals surface area (Å²) in [7, 11) is 0. The second-order valence-corrected chi connectivity index (χ2v) is 6.35. The second kappa shape index (κ2) is 7.04. The Kier molecular flexibility index (Phi) is 5.98. The first kappa shape index (κ1) is 16.2. The molecule has 1 aromatic rings. The normalized spacial score (nSPS) is 11.4. The summed E-state index contributed by atoms with van der Waals surface area (Å²) < 4.78 is 13.4. The molecule has 0 saturated carbocycles. The number of carbonyl (C=O) groups is 1. The lowest BCUT2D eigenvalue weighted by Gasteiger charge is -2.25. The van der Waals surface area contributed by atoms with Crippen LogP contribution in [0.1, 0.15) is 38.1 Å². The maximum absolute atomic E-state index is 13.1. The van der Waals surface area contributed by atoms with E-state index in [0.717, 1.165) is 0 Å². The maximum atomic E-state index is 13.1. The molecule has 0 aromatic heterocycles. The molecule has 0 fully saturated rings. The zero-order valence-electron chi connectivity index (χ0n) is 11.8. The van der Waals surface area contributed by atoms with Gasteiger partial charge >= 0.3 is 0 Å². The van der Waals surface area contributed by atoms with E-state index in [9.17, 15) is 9.18 Å². The minimum atomic E-state index is -0.362. The quantitative estimate of drug-likeness (QED) is 0.859. The van der Waals surface area contributed by atoms with E-state index in [-0.39, 0.29) is 11.7 Å². The molecule has 0 bridgehead atoms. The van der Waals surface area contributed by atoms with Crippen LogP contribution >= 0.6 is 15.9 Å². The van der Waals surface area contributed by atoms with Crippen molar-refractivity contribution in [3.8, 4) is 0 Å². The number of hydrogen-bond donors (Lipinski definition) is 1. The highest BCUT2D eigenvalue weighted by molar-refractivity contribution is 9.10. The SMILES string of the molecule is CC(C)C(CNC(=O)c1ccc(F)c(Br)c1)C(C)C. The van der Waals surface area contributed by atoms with E-state index in [1.165, 1.54) is 18.2 Å². The third kappa shape index (κ3) is 4.60. The van der Waals surface area contributed by atoms with Gasteiger partial charge in [-0.1, -0.05) is 27.7 Å². The standard InChI is InChI=1S/C15H21BrFNO/c1-9(2)12(10(3)4)8-18-15(19)11-5-6-14(17)13(16)7-11/h5-7,9-10,12H,8H2,1-4H3,(H,18,19). The summed E-state index contributed by atoms with van der Waals surface area (Å²) in [6.45, 7) is 9.27. The molecule has 0 atom stereocenters. The van der Waals surface area contributed by atoms with Gasteiger partial charge in [0.15, 0.2) is 0 Å². The molecule has 0 radical (unpaired) electrons. The van der Waals surface area contributed by atoms with Gasteiger partial charge in [0.2, 0.25) is 0 Å². The maximum Gasteiger partial charge on any atom is 0.251 e. The molecule has 1 amide bonds. The van der Waals surface area contributed by atoms with Gasteiger partial charge in [-0.3, -0.25) is 4.79 Å². The Morgan fingerprint density at radius 3 is 2.32 bits per heavy atom. The molecule has 0 heterocycles. The zero-order valence-corrected chi connectivity index (χ0v) is 13.4. The number of nitrogens with one attached hydrogen (secondary N) is 1. The zero-order chi connectivity index (χ0) is 14.6. The van der Waals surface area contributed by atoms with E-state index in [0.29, 0.717) is 34.3 Å². The van der Waals surface area contributed by atoms with Crippen LogP contribution in [0.4, 0.5) is 4.39 Å². The van der Waals surface area contributed by atoms with Crippen LogP contribution in [0.3, 0.4) is 0 Å². The Bertz CT molecular complexity index is 438. The van der Waals surface area contributed by atoms with E-state index < -0.39 is 0 Å². The van der Waals surface area contributed by atoms with Gasteiger partial charge < -0.3 is 5.32 Å². The van der Waals surface area contributed by atoms with Crippen LogP contribution in [0, 0.1) is 23.6 Å². The number of rotatable bonds is 5. The van der Waals surface area contributed by atoms with E-state index in [2.05, 4.69) is 48.9 Å². The van der Waals surface area contributed by atoms with Crippen molar-refractivity contribution in [2.75, 3.05) is 6.54 Å². The number of benzene rings is 1. The van der Waals surface area contributed by atoms with Crippen molar-refractivity contribution in [2.24, 2.45) is 17.8 Å². The molecule has 106 valence electrons. The topological polar surface area (TPSA) is 29.1 Å².